The van der Waals surface area contributed by atoms with Crippen molar-refractivity contribution in [1.82, 2.24) is 5.32 Å². The smallest absolute Gasteiger partial charge is 0.0701 e. The first-order valence-electron chi connectivity index (χ1n) is 5.38. The molecule has 1 N–H and O–H groups in total. The van der Waals surface area contributed by atoms with Gasteiger partial charge in [0.1, 0.15) is 0 Å². The molecule has 1 aromatic carbocycles. The van der Waals surface area contributed by atoms with Crippen molar-refractivity contribution in [2.75, 3.05) is 0 Å². The van der Waals surface area contributed by atoms with Crippen LogP contribution in [0.3, 0.4) is 0 Å². The van der Waals surface area contributed by atoms with Gasteiger partial charge < -0.3 is 5.32 Å². The molecule has 0 amide bonds. The van der Waals surface area contributed by atoms with Crippen LogP contribution in [0.4, 0.5) is 0 Å². The molecule has 90 valence electrons. The molecule has 0 aliphatic rings. The van der Waals surface area contributed by atoms with Crippen molar-refractivity contribution >= 4 is 38.9 Å². The van der Waals surface area contributed by atoms with Gasteiger partial charge in [0.25, 0.3) is 0 Å². The zero-order valence-electron chi connectivity index (χ0n) is 9.41. The van der Waals surface area contributed by atoms with Crippen molar-refractivity contribution in [1.29, 1.82) is 0 Å². The lowest BCUT2D eigenvalue weighted by atomic mass is 10.1. The molecule has 0 spiro atoms. The van der Waals surface area contributed by atoms with E-state index in [9.17, 15) is 0 Å². The number of thiophene rings is 1. The standard InChI is InChI=1S/C13H13BrClNS/c1-9(10-2-4-11(15)5-3-10)16-8-12-6-7-13(14)17-12/h2-7,9,16H,8H2,1H3/t9-/m0/s1. The Morgan fingerprint density at radius 1 is 1.24 bits per heavy atom. The Kier molecular flexibility index (Phi) is 4.62. The minimum Gasteiger partial charge on any atom is -0.305 e. The van der Waals surface area contributed by atoms with E-state index in [0.717, 1.165) is 11.6 Å². The van der Waals surface area contributed by atoms with E-state index in [1.165, 1.54) is 14.2 Å². The molecule has 0 radical (unpaired) electrons. The maximum atomic E-state index is 5.87. The van der Waals surface area contributed by atoms with Gasteiger partial charge in [-0.15, -0.1) is 11.3 Å². The predicted molar refractivity (Wildman–Crippen MR) is 78.7 cm³/mol. The molecule has 1 atom stereocenters. The summed E-state index contributed by atoms with van der Waals surface area (Å²) in [6.45, 7) is 3.05. The van der Waals surface area contributed by atoms with Crippen molar-refractivity contribution in [3.63, 3.8) is 0 Å². The normalized spacial score (nSPS) is 12.6. The molecule has 4 heteroatoms. The second-order valence-corrected chi connectivity index (χ2v) is 6.84. The molecule has 0 aliphatic heterocycles. The highest BCUT2D eigenvalue weighted by molar-refractivity contribution is 9.11. The lowest BCUT2D eigenvalue weighted by molar-refractivity contribution is 0.579. The molecule has 2 aromatic rings. The van der Waals surface area contributed by atoms with Crippen LogP contribution in [0, 0.1) is 0 Å². The maximum absolute atomic E-state index is 5.87. The third kappa shape index (κ3) is 3.81. The summed E-state index contributed by atoms with van der Waals surface area (Å²) >= 11 is 11.1. The summed E-state index contributed by atoms with van der Waals surface area (Å²) < 4.78 is 1.17. The molecular formula is C13H13BrClNS. The fraction of sp³-hybridized carbons (Fsp3) is 0.231. The molecule has 0 bridgehead atoms. The van der Waals surface area contributed by atoms with Crippen molar-refractivity contribution in [3.05, 3.63) is 55.6 Å². The monoisotopic (exact) mass is 329 g/mol. The van der Waals surface area contributed by atoms with Gasteiger partial charge in [-0.05, 0) is 52.7 Å². The van der Waals surface area contributed by atoms with E-state index in [4.69, 9.17) is 11.6 Å². The number of hydrogen-bond donors (Lipinski definition) is 1. The van der Waals surface area contributed by atoms with Crippen LogP contribution in [0.15, 0.2) is 40.2 Å². The van der Waals surface area contributed by atoms with Gasteiger partial charge in [-0.2, -0.15) is 0 Å². The van der Waals surface area contributed by atoms with Crippen molar-refractivity contribution in [2.24, 2.45) is 0 Å². The second-order valence-electron chi connectivity index (χ2n) is 3.86. The average Bonchev–Trinajstić information content (AvgIpc) is 2.73. The number of halogens is 2. The highest BCUT2D eigenvalue weighted by atomic mass is 79.9. The van der Waals surface area contributed by atoms with Crippen LogP contribution in [-0.2, 0) is 6.54 Å². The molecule has 17 heavy (non-hydrogen) atoms. The number of rotatable bonds is 4. The van der Waals surface area contributed by atoms with Gasteiger partial charge in [0.15, 0.2) is 0 Å². The fourth-order valence-corrected chi connectivity index (χ4v) is 3.13. The summed E-state index contributed by atoms with van der Waals surface area (Å²) in [7, 11) is 0. The van der Waals surface area contributed by atoms with Crippen molar-refractivity contribution < 1.29 is 0 Å². The van der Waals surface area contributed by atoms with Gasteiger partial charge in [0.2, 0.25) is 0 Å². The number of hydrogen-bond acceptors (Lipinski definition) is 2. The van der Waals surface area contributed by atoms with Crippen molar-refractivity contribution in [3.8, 4) is 0 Å². The molecule has 0 aliphatic carbocycles. The van der Waals surface area contributed by atoms with Crippen LogP contribution in [0.5, 0.6) is 0 Å². The zero-order chi connectivity index (χ0) is 12.3. The average molecular weight is 331 g/mol. The second kappa shape index (κ2) is 6.01. The SMILES string of the molecule is C[C@H](NCc1ccc(Br)s1)c1ccc(Cl)cc1. The number of nitrogens with one attached hydrogen (secondary N) is 1. The molecule has 2 rings (SSSR count). The third-order valence-electron chi connectivity index (χ3n) is 2.58. The lowest BCUT2D eigenvalue weighted by Crippen LogP contribution is -2.17. The minimum absolute atomic E-state index is 0.327. The topological polar surface area (TPSA) is 12.0 Å². The van der Waals surface area contributed by atoms with Crippen LogP contribution in [0.1, 0.15) is 23.4 Å². The first-order chi connectivity index (χ1) is 8.15. The minimum atomic E-state index is 0.327. The third-order valence-corrected chi connectivity index (χ3v) is 4.46. The van der Waals surface area contributed by atoms with Gasteiger partial charge in [-0.25, -0.2) is 0 Å². The predicted octanol–water partition coefficient (Wildman–Crippen LogP) is 5.01. The van der Waals surface area contributed by atoms with E-state index in [2.05, 4.69) is 52.4 Å². The summed E-state index contributed by atoms with van der Waals surface area (Å²) in [5.41, 5.74) is 1.25. The highest BCUT2D eigenvalue weighted by Gasteiger charge is 2.05. The maximum Gasteiger partial charge on any atom is 0.0701 e. The first-order valence-corrected chi connectivity index (χ1v) is 7.37. The molecule has 1 nitrogen and oxygen atoms in total. The Morgan fingerprint density at radius 2 is 1.94 bits per heavy atom. The Bertz CT molecular complexity index is 480. The first kappa shape index (κ1) is 13.1. The van der Waals surface area contributed by atoms with E-state index in [0.29, 0.717) is 6.04 Å². The lowest BCUT2D eigenvalue weighted by Gasteiger charge is -2.13. The zero-order valence-corrected chi connectivity index (χ0v) is 12.6. The summed E-state index contributed by atoms with van der Waals surface area (Å²) in [5, 5.41) is 4.28. The molecule has 0 saturated carbocycles. The van der Waals surface area contributed by atoms with E-state index in [1.54, 1.807) is 11.3 Å². The van der Waals surface area contributed by atoms with Crippen LogP contribution in [0.25, 0.3) is 0 Å². The fourth-order valence-electron chi connectivity index (χ4n) is 1.57. The van der Waals surface area contributed by atoms with Gasteiger partial charge in [0.05, 0.1) is 3.79 Å². The van der Waals surface area contributed by atoms with Crippen LogP contribution < -0.4 is 5.32 Å². The Morgan fingerprint density at radius 3 is 2.53 bits per heavy atom. The number of benzene rings is 1. The quantitative estimate of drug-likeness (QED) is 0.830. The van der Waals surface area contributed by atoms with Crippen LogP contribution >= 0.6 is 38.9 Å². The summed E-state index contributed by atoms with van der Waals surface area (Å²) in [6.07, 6.45) is 0. The van der Waals surface area contributed by atoms with E-state index in [1.807, 2.05) is 12.1 Å². The summed E-state index contributed by atoms with van der Waals surface area (Å²) in [5.74, 6) is 0. The van der Waals surface area contributed by atoms with E-state index in [-0.39, 0.29) is 0 Å². The van der Waals surface area contributed by atoms with Gasteiger partial charge in [-0.3, -0.25) is 0 Å². The molecule has 1 aromatic heterocycles. The van der Waals surface area contributed by atoms with Gasteiger partial charge in [-0.1, -0.05) is 23.7 Å². The molecule has 0 fully saturated rings. The highest BCUT2D eigenvalue weighted by Crippen LogP contribution is 2.23. The Balaban J connectivity index is 1.93. The molecular weight excluding hydrogens is 318 g/mol. The molecule has 0 saturated heterocycles. The molecule has 0 unspecified atom stereocenters. The van der Waals surface area contributed by atoms with Crippen LogP contribution in [0.2, 0.25) is 5.02 Å². The summed E-state index contributed by atoms with van der Waals surface area (Å²) in [4.78, 5) is 1.33. The van der Waals surface area contributed by atoms with Crippen molar-refractivity contribution in [2.45, 2.75) is 19.5 Å². The Hall–Kier alpha value is -0.350. The molecule has 1 heterocycles. The van der Waals surface area contributed by atoms with Crippen LogP contribution in [-0.4, -0.2) is 0 Å². The Labute approximate surface area is 119 Å². The van der Waals surface area contributed by atoms with E-state index < -0.39 is 0 Å². The van der Waals surface area contributed by atoms with Gasteiger partial charge >= 0.3 is 0 Å². The summed E-state index contributed by atoms with van der Waals surface area (Å²) in [6, 6.07) is 12.5. The largest absolute Gasteiger partial charge is 0.305 e. The van der Waals surface area contributed by atoms with E-state index >= 15 is 0 Å². The van der Waals surface area contributed by atoms with Gasteiger partial charge in [0, 0.05) is 22.5 Å².